The van der Waals surface area contributed by atoms with E-state index in [1.54, 1.807) is 30.3 Å². The number of aryl methyl sites for hydroxylation is 1. The van der Waals surface area contributed by atoms with Gasteiger partial charge in [0.25, 0.3) is 5.91 Å². The van der Waals surface area contributed by atoms with Crippen LogP contribution in [0.3, 0.4) is 0 Å². The van der Waals surface area contributed by atoms with Crippen LogP contribution in [0.15, 0.2) is 85.1 Å². The average Bonchev–Trinajstić information content (AvgIpc) is 2.91. The third-order valence-electron chi connectivity index (χ3n) is 6.99. The van der Waals surface area contributed by atoms with E-state index in [0.717, 1.165) is 28.5 Å². The van der Waals surface area contributed by atoms with Crippen molar-refractivity contribution in [1.82, 2.24) is 4.98 Å². The summed E-state index contributed by atoms with van der Waals surface area (Å²) in [5.74, 6) is -0.646. The number of carbonyl (C=O) groups is 1. The summed E-state index contributed by atoms with van der Waals surface area (Å²) in [7, 11) is 0. The number of pyridine rings is 1. The van der Waals surface area contributed by atoms with Crippen molar-refractivity contribution in [3.63, 3.8) is 0 Å². The fourth-order valence-corrected chi connectivity index (χ4v) is 4.62. The summed E-state index contributed by atoms with van der Waals surface area (Å²) < 4.78 is 47.1. The number of para-hydroxylation sites is 1. The van der Waals surface area contributed by atoms with Gasteiger partial charge in [0.2, 0.25) is 0 Å². The molecule has 39 heavy (non-hydrogen) atoms. The highest BCUT2D eigenvalue weighted by Crippen LogP contribution is 2.36. The largest absolute Gasteiger partial charge is 0.416 e. The van der Waals surface area contributed by atoms with Crippen LogP contribution in [-0.4, -0.2) is 24.1 Å². The van der Waals surface area contributed by atoms with Crippen LogP contribution >= 0.6 is 0 Å². The molecule has 1 aliphatic rings. The second-order valence-corrected chi connectivity index (χ2v) is 10.0. The fraction of sp³-hybridized carbons (Fsp3) is 0.226. The molecule has 2 heterocycles. The van der Waals surface area contributed by atoms with Crippen LogP contribution in [0.2, 0.25) is 0 Å². The number of anilines is 2. The quantitative estimate of drug-likeness (QED) is 0.264. The number of ether oxygens (including phenoxy) is 1. The van der Waals surface area contributed by atoms with Gasteiger partial charge in [0, 0.05) is 34.5 Å². The predicted octanol–water partition coefficient (Wildman–Crippen LogP) is 7.23. The molecular formula is C31H28F3N3O2. The van der Waals surface area contributed by atoms with Gasteiger partial charge < -0.3 is 15.4 Å². The Balaban J connectivity index is 1.37. The standard InChI is InChI=1S/C31H28F3N3O2/c1-20-27(21-7-6-8-24(13-21)30(2)18-39-19-30)15-26(17-35-20)37-29(38)22-11-12-23(28(14-22)31(32,33)34)16-36-25-9-4-3-5-10-25/h3-15,17,36H,16,18-19H2,1-2H3,(H,37,38). The topological polar surface area (TPSA) is 63.2 Å². The molecule has 0 saturated carbocycles. The van der Waals surface area contributed by atoms with E-state index in [-0.39, 0.29) is 23.1 Å². The summed E-state index contributed by atoms with van der Waals surface area (Å²) in [6.45, 7) is 5.31. The van der Waals surface area contributed by atoms with Crippen molar-refractivity contribution in [2.45, 2.75) is 32.0 Å². The summed E-state index contributed by atoms with van der Waals surface area (Å²) >= 11 is 0. The number of benzene rings is 3. The SMILES string of the molecule is Cc1ncc(NC(=O)c2ccc(CNc3ccccc3)c(C(F)(F)F)c2)cc1-c1cccc(C2(C)COC2)c1. The smallest absolute Gasteiger partial charge is 0.381 e. The van der Waals surface area contributed by atoms with Crippen LogP contribution in [0.25, 0.3) is 11.1 Å². The Hall–Kier alpha value is -4.17. The van der Waals surface area contributed by atoms with E-state index in [9.17, 15) is 18.0 Å². The van der Waals surface area contributed by atoms with Crippen molar-refractivity contribution in [3.8, 4) is 11.1 Å². The Labute approximate surface area is 225 Å². The number of hydrogen-bond donors (Lipinski definition) is 2. The Morgan fingerprint density at radius 2 is 1.74 bits per heavy atom. The highest BCUT2D eigenvalue weighted by atomic mass is 19.4. The van der Waals surface area contributed by atoms with Gasteiger partial charge in [-0.25, -0.2) is 0 Å². The maximum Gasteiger partial charge on any atom is 0.416 e. The number of alkyl halides is 3. The van der Waals surface area contributed by atoms with Crippen molar-refractivity contribution < 1.29 is 22.7 Å². The molecule has 0 atom stereocenters. The lowest BCUT2D eigenvalue weighted by atomic mass is 9.80. The van der Waals surface area contributed by atoms with E-state index in [2.05, 4.69) is 34.7 Å². The van der Waals surface area contributed by atoms with Crippen LogP contribution in [-0.2, 0) is 22.9 Å². The molecule has 0 aliphatic carbocycles. The first kappa shape index (κ1) is 26.4. The van der Waals surface area contributed by atoms with Gasteiger partial charge in [-0.15, -0.1) is 0 Å². The minimum atomic E-state index is -4.62. The van der Waals surface area contributed by atoms with E-state index >= 15 is 0 Å². The van der Waals surface area contributed by atoms with Gasteiger partial charge in [-0.3, -0.25) is 9.78 Å². The summed E-state index contributed by atoms with van der Waals surface area (Å²) in [4.78, 5) is 17.4. The molecule has 5 nitrogen and oxygen atoms in total. The zero-order chi connectivity index (χ0) is 27.6. The van der Waals surface area contributed by atoms with E-state index in [1.807, 2.05) is 25.1 Å². The van der Waals surface area contributed by atoms with Gasteiger partial charge in [0.15, 0.2) is 0 Å². The zero-order valence-electron chi connectivity index (χ0n) is 21.6. The van der Waals surface area contributed by atoms with Gasteiger partial charge in [0.1, 0.15) is 0 Å². The van der Waals surface area contributed by atoms with Crippen molar-refractivity contribution in [2.24, 2.45) is 0 Å². The molecule has 200 valence electrons. The van der Waals surface area contributed by atoms with Crippen LogP contribution in [0, 0.1) is 6.92 Å². The highest BCUT2D eigenvalue weighted by molar-refractivity contribution is 6.04. The summed E-state index contributed by atoms with van der Waals surface area (Å²) in [5, 5.41) is 5.71. The molecule has 3 aromatic carbocycles. The van der Waals surface area contributed by atoms with Crippen molar-refractivity contribution in [2.75, 3.05) is 23.8 Å². The Morgan fingerprint density at radius 1 is 0.974 bits per heavy atom. The second-order valence-electron chi connectivity index (χ2n) is 10.0. The van der Waals surface area contributed by atoms with Crippen LogP contribution < -0.4 is 10.6 Å². The number of rotatable bonds is 7. The number of nitrogens with one attached hydrogen (secondary N) is 2. The Bertz CT molecular complexity index is 1500. The lowest BCUT2D eigenvalue weighted by molar-refractivity contribution is -0.138. The third-order valence-corrected chi connectivity index (χ3v) is 6.99. The molecule has 0 bridgehead atoms. The maximum atomic E-state index is 13.9. The number of halogens is 3. The number of aromatic nitrogens is 1. The molecule has 0 radical (unpaired) electrons. The van der Waals surface area contributed by atoms with Gasteiger partial charge >= 0.3 is 6.18 Å². The molecule has 1 saturated heterocycles. The first-order valence-electron chi connectivity index (χ1n) is 12.6. The molecule has 0 spiro atoms. The van der Waals surface area contributed by atoms with Crippen molar-refractivity contribution >= 4 is 17.3 Å². The van der Waals surface area contributed by atoms with Gasteiger partial charge in [-0.05, 0) is 53.9 Å². The van der Waals surface area contributed by atoms with E-state index in [4.69, 9.17) is 4.74 Å². The van der Waals surface area contributed by atoms with Gasteiger partial charge in [-0.1, -0.05) is 55.5 Å². The normalized spacial score (nSPS) is 14.4. The maximum absolute atomic E-state index is 13.9. The molecule has 1 amide bonds. The van der Waals surface area contributed by atoms with Crippen molar-refractivity contribution in [1.29, 1.82) is 0 Å². The zero-order valence-corrected chi connectivity index (χ0v) is 21.6. The van der Waals surface area contributed by atoms with Gasteiger partial charge in [-0.2, -0.15) is 13.2 Å². The third kappa shape index (κ3) is 5.81. The van der Waals surface area contributed by atoms with Crippen molar-refractivity contribution in [3.05, 3.63) is 113 Å². The van der Waals surface area contributed by atoms with Crippen LogP contribution in [0.4, 0.5) is 24.5 Å². The molecule has 5 rings (SSSR count). The molecule has 1 aliphatic heterocycles. The fourth-order valence-electron chi connectivity index (χ4n) is 4.62. The average molecular weight is 532 g/mol. The van der Waals surface area contributed by atoms with Crippen LogP contribution in [0.5, 0.6) is 0 Å². The Kier molecular flexibility index (Phi) is 7.14. The second kappa shape index (κ2) is 10.5. The molecule has 8 heteroatoms. The summed E-state index contributed by atoms with van der Waals surface area (Å²) in [5.41, 5.74) is 3.86. The monoisotopic (exact) mass is 531 g/mol. The highest BCUT2D eigenvalue weighted by Gasteiger charge is 2.35. The minimum Gasteiger partial charge on any atom is -0.381 e. The van der Waals surface area contributed by atoms with E-state index < -0.39 is 17.6 Å². The molecule has 2 N–H and O–H groups in total. The first-order chi connectivity index (χ1) is 18.6. The van der Waals surface area contributed by atoms with Gasteiger partial charge in [0.05, 0.1) is 30.7 Å². The first-order valence-corrected chi connectivity index (χ1v) is 12.6. The number of amides is 1. The summed E-state index contributed by atoms with van der Waals surface area (Å²) in [6, 6.07) is 22.5. The lowest BCUT2D eigenvalue weighted by Gasteiger charge is -2.38. The minimum absolute atomic E-state index is 0.0315. The Morgan fingerprint density at radius 3 is 2.44 bits per heavy atom. The van der Waals surface area contributed by atoms with Crippen LogP contribution in [0.1, 0.15) is 39.7 Å². The number of hydrogen-bond acceptors (Lipinski definition) is 4. The van der Waals surface area contributed by atoms with E-state index in [0.29, 0.717) is 24.6 Å². The lowest BCUT2D eigenvalue weighted by Crippen LogP contribution is -2.43. The summed E-state index contributed by atoms with van der Waals surface area (Å²) in [6.07, 6.45) is -3.11. The molecule has 1 aromatic heterocycles. The number of carbonyl (C=O) groups excluding carboxylic acids is 1. The molecular weight excluding hydrogens is 503 g/mol. The van der Waals surface area contributed by atoms with E-state index in [1.165, 1.54) is 18.3 Å². The molecule has 0 unspecified atom stereocenters. The predicted molar refractivity (Wildman–Crippen MR) is 146 cm³/mol. The molecule has 1 fully saturated rings. The number of nitrogens with zero attached hydrogens (tertiary/aromatic N) is 1. The molecule has 4 aromatic rings.